The highest BCUT2D eigenvalue weighted by Crippen LogP contribution is 2.47. The summed E-state index contributed by atoms with van der Waals surface area (Å²) in [5, 5.41) is 4.58. The van der Waals surface area contributed by atoms with Gasteiger partial charge in [0.2, 0.25) is 5.88 Å². The van der Waals surface area contributed by atoms with Gasteiger partial charge in [-0.05, 0) is 58.6 Å². The molecule has 1 amide bonds. The van der Waals surface area contributed by atoms with Crippen molar-refractivity contribution in [3.63, 3.8) is 0 Å². The molecule has 1 aliphatic heterocycles. The first-order chi connectivity index (χ1) is 21.9. The van der Waals surface area contributed by atoms with Crippen LogP contribution >= 0.6 is 0 Å². The summed E-state index contributed by atoms with van der Waals surface area (Å²) in [5.41, 5.74) is -6.17. The summed E-state index contributed by atoms with van der Waals surface area (Å²) in [6.07, 6.45) is 0.0189. The molecule has 0 radical (unpaired) electrons. The van der Waals surface area contributed by atoms with E-state index in [0.29, 0.717) is 18.2 Å². The van der Waals surface area contributed by atoms with E-state index in [1.807, 2.05) is 0 Å². The smallest absolute Gasteiger partial charge is 0.490 e. The van der Waals surface area contributed by atoms with Crippen molar-refractivity contribution in [1.29, 1.82) is 0 Å². The van der Waals surface area contributed by atoms with E-state index in [1.54, 1.807) is 32.4 Å². The lowest BCUT2D eigenvalue weighted by atomic mass is 9.93. The van der Waals surface area contributed by atoms with Crippen molar-refractivity contribution in [3.05, 3.63) is 46.7 Å². The maximum atomic E-state index is 15.8. The van der Waals surface area contributed by atoms with Gasteiger partial charge < -0.3 is 18.4 Å². The third kappa shape index (κ3) is 6.86. The van der Waals surface area contributed by atoms with Crippen LogP contribution in [0.1, 0.15) is 57.0 Å². The molecule has 0 bridgehead atoms. The molecule has 47 heavy (non-hydrogen) atoms. The van der Waals surface area contributed by atoms with E-state index < -0.39 is 50.9 Å². The normalized spacial score (nSPS) is 16.6. The van der Waals surface area contributed by atoms with Crippen LogP contribution in [0.15, 0.2) is 18.2 Å². The summed E-state index contributed by atoms with van der Waals surface area (Å²) < 4.78 is 117. The molecule has 0 saturated carbocycles. The minimum absolute atomic E-state index is 0.0170. The molecule has 3 heterocycles. The maximum Gasteiger partial charge on any atom is 0.534 e. The fourth-order valence-corrected chi connectivity index (χ4v) is 6.07. The summed E-state index contributed by atoms with van der Waals surface area (Å²) in [6.45, 7) is 7.28. The van der Waals surface area contributed by atoms with Gasteiger partial charge in [-0.2, -0.15) is 26.7 Å². The number of aromatic nitrogens is 3. The number of hydrogen-bond donors (Lipinski definition) is 0. The minimum atomic E-state index is -6.14. The summed E-state index contributed by atoms with van der Waals surface area (Å²) in [6, 6.07) is 2.51. The SMILES string of the molecule is COCCOc1cc(F)cc(F)c1-c1c(-c2cc3n(n2)CCN(C(=O)OC(C)(C)C)C3C)nc(OS(=O)(=O)C(F)(F)F)c2c1CCC2. The van der Waals surface area contributed by atoms with E-state index in [9.17, 15) is 30.8 Å². The molecule has 0 N–H and O–H groups in total. The highest BCUT2D eigenvalue weighted by Gasteiger charge is 2.49. The molecule has 0 saturated heterocycles. The largest absolute Gasteiger partial charge is 0.534 e. The van der Waals surface area contributed by atoms with Crippen molar-refractivity contribution in [2.45, 2.75) is 70.7 Å². The molecule has 1 aliphatic carbocycles. The van der Waals surface area contributed by atoms with Gasteiger partial charge in [-0.25, -0.2) is 18.6 Å². The van der Waals surface area contributed by atoms with E-state index in [-0.39, 0.29) is 78.5 Å². The number of hydrogen-bond acceptors (Lipinski definition) is 9. The number of pyridine rings is 1. The molecule has 256 valence electrons. The van der Waals surface area contributed by atoms with Crippen LogP contribution in [0.4, 0.5) is 26.7 Å². The van der Waals surface area contributed by atoms with Gasteiger partial charge in [0, 0.05) is 36.9 Å². The zero-order valence-corrected chi connectivity index (χ0v) is 27.0. The molecule has 0 fully saturated rings. The van der Waals surface area contributed by atoms with Gasteiger partial charge in [0.05, 0.1) is 30.5 Å². The van der Waals surface area contributed by atoms with Crippen molar-refractivity contribution >= 4 is 16.2 Å². The Bertz CT molecular complexity index is 1810. The number of halogens is 5. The summed E-state index contributed by atoms with van der Waals surface area (Å²) in [7, 11) is -4.73. The summed E-state index contributed by atoms with van der Waals surface area (Å²) in [5.74, 6) is -3.07. The number of rotatable bonds is 8. The zero-order chi connectivity index (χ0) is 34.5. The number of amides is 1. The van der Waals surface area contributed by atoms with Gasteiger partial charge in [-0.1, -0.05) is 0 Å². The topological polar surface area (TPSA) is 122 Å². The molecule has 11 nitrogen and oxygen atoms in total. The van der Waals surface area contributed by atoms with Crippen LogP contribution in [0, 0.1) is 11.6 Å². The van der Waals surface area contributed by atoms with Crippen LogP contribution in [0.25, 0.3) is 22.5 Å². The second-order valence-electron chi connectivity index (χ2n) is 12.1. The molecule has 0 spiro atoms. The predicted octanol–water partition coefficient (Wildman–Crippen LogP) is 5.94. The number of benzene rings is 1. The fourth-order valence-electron chi connectivity index (χ4n) is 5.63. The van der Waals surface area contributed by atoms with Crippen LogP contribution < -0.4 is 8.92 Å². The van der Waals surface area contributed by atoms with Gasteiger partial charge in [-0.3, -0.25) is 9.58 Å². The van der Waals surface area contributed by atoms with Crippen molar-refractivity contribution in [3.8, 4) is 34.1 Å². The van der Waals surface area contributed by atoms with E-state index in [1.165, 1.54) is 18.1 Å². The summed E-state index contributed by atoms with van der Waals surface area (Å²) in [4.78, 5) is 18.7. The van der Waals surface area contributed by atoms with E-state index in [4.69, 9.17) is 14.2 Å². The molecule has 3 aromatic rings. The number of alkyl halides is 3. The van der Waals surface area contributed by atoms with Gasteiger partial charge >= 0.3 is 21.7 Å². The Labute approximate surface area is 267 Å². The Kier molecular flexibility index (Phi) is 9.18. The number of carbonyl (C=O) groups is 1. The van der Waals surface area contributed by atoms with Crippen molar-refractivity contribution < 1.29 is 53.6 Å². The van der Waals surface area contributed by atoms with Crippen molar-refractivity contribution in [1.82, 2.24) is 19.7 Å². The van der Waals surface area contributed by atoms with Crippen molar-refractivity contribution in [2.75, 3.05) is 26.9 Å². The Balaban J connectivity index is 1.73. The van der Waals surface area contributed by atoms with Gasteiger partial charge in [0.15, 0.2) is 0 Å². The van der Waals surface area contributed by atoms with E-state index >= 15 is 4.39 Å². The monoisotopic (exact) mass is 688 g/mol. The standard InChI is InChI=1S/C30H33F5N4O7S/c1-16-22-15-21(37-39(22)10-9-38(16)28(40)45-29(2,3)4)26-24(25-20(32)13-17(31)14-23(25)44-12-11-43-5)18-7-6-8-19(18)27(36-26)46-47(41,42)30(33,34)35/h13-16H,6-12H2,1-5H3. The molecular weight excluding hydrogens is 655 g/mol. The molecule has 5 rings (SSSR count). The first-order valence-corrected chi connectivity index (χ1v) is 16.1. The van der Waals surface area contributed by atoms with Gasteiger partial charge in [0.1, 0.15) is 41.0 Å². The lowest BCUT2D eigenvalue weighted by molar-refractivity contribution is -0.0501. The van der Waals surface area contributed by atoms with Gasteiger partial charge in [0.25, 0.3) is 0 Å². The average molecular weight is 689 g/mol. The number of carbonyl (C=O) groups excluding carboxylic acids is 1. The van der Waals surface area contributed by atoms with Crippen molar-refractivity contribution in [2.24, 2.45) is 0 Å². The molecule has 1 atom stereocenters. The lowest BCUT2D eigenvalue weighted by Gasteiger charge is -2.35. The first kappa shape index (κ1) is 34.3. The molecular formula is C30H33F5N4O7S. The number of fused-ring (bicyclic) bond motifs is 2. The fraction of sp³-hybridized carbons (Fsp3) is 0.500. The third-order valence-corrected chi connectivity index (χ3v) is 8.59. The third-order valence-electron chi connectivity index (χ3n) is 7.64. The van der Waals surface area contributed by atoms with Gasteiger partial charge in [-0.15, -0.1) is 0 Å². The predicted molar refractivity (Wildman–Crippen MR) is 157 cm³/mol. The summed E-state index contributed by atoms with van der Waals surface area (Å²) >= 11 is 0. The molecule has 17 heteroatoms. The van der Waals surface area contributed by atoms with Crippen LogP contribution in [0.2, 0.25) is 0 Å². The average Bonchev–Trinajstić information content (AvgIpc) is 3.60. The first-order valence-electron chi connectivity index (χ1n) is 14.7. The maximum absolute atomic E-state index is 15.8. The molecule has 1 unspecified atom stereocenters. The second kappa shape index (κ2) is 12.6. The van der Waals surface area contributed by atoms with Crippen LogP contribution in [-0.4, -0.2) is 72.2 Å². The Morgan fingerprint density at radius 3 is 2.38 bits per heavy atom. The minimum Gasteiger partial charge on any atom is -0.490 e. The highest BCUT2D eigenvalue weighted by molar-refractivity contribution is 7.88. The van der Waals surface area contributed by atoms with E-state index in [2.05, 4.69) is 14.3 Å². The molecule has 2 aliphatic rings. The van der Waals surface area contributed by atoms with Crippen LogP contribution in [0.3, 0.4) is 0 Å². The molecule has 1 aromatic carbocycles. The number of methoxy groups -OCH3 is 1. The second-order valence-corrected chi connectivity index (χ2v) is 13.6. The van der Waals surface area contributed by atoms with E-state index in [0.717, 1.165) is 6.07 Å². The lowest BCUT2D eigenvalue weighted by Crippen LogP contribution is -2.43. The van der Waals surface area contributed by atoms with Crippen LogP contribution in [0.5, 0.6) is 11.6 Å². The number of nitrogens with zero attached hydrogens (tertiary/aromatic N) is 4. The quantitative estimate of drug-likeness (QED) is 0.122. The molecule has 2 aromatic heterocycles. The number of ether oxygens (including phenoxy) is 3. The Morgan fingerprint density at radius 1 is 1.02 bits per heavy atom. The highest BCUT2D eigenvalue weighted by atomic mass is 32.2. The Hall–Kier alpha value is -3.99. The Morgan fingerprint density at radius 2 is 1.72 bits per heavy atom. The zero-order valence-electron chi connectivity index (χ0n) is 26.2. The van der Waals surface area contributed by atoms with Crippen LogP contribution in [-0.2, 0) is 39.0 Å².